The van der Waals surface area contributed by atoms with Crippen LogP contribution in [0.2, 0.25) is 0 Å². The summed E-state index contributed by atoms with van der Waals surface area (Å²) in [5.74, 6) is 0.854. The fourth-order valence-electron chi connectivity index (χ4n) is 2.25. The Hall–Kier alpha value is -0.820. The zero-order valence-corrected chi connectivity index (χ0v) is 10.3. The van der Waals surface area contributed by atoms with Crippen LogP contribution >= 0.6 is 0 Å². The molecule has 1 heteroatoms. The van der Waals surface area contributed by atoms with Crippen molar-refractivity contribution < 1.29 is 0 Å². The van der Waals surface area contributed by atoms with Crippen LogP contribution in [0.5, 0.6) is 0 Å². The van der Waals surface area contributed by atoms with Crippen molar-refractivity contribution >= 4 is 0 Å². The normalized spacial score (nSPS) is 18.1. The first kappa shape index (κ1) is 11.7. The quantitative estimate of drug-likeness (QED) is 0.801. The second-order valence-corrected chi connectivity index (χ2v) is 5.08. The molecule has 1 atom stereocenters. The molecule has 0 saturated heterocycles. The van der Waals surface area contributed by atoms with Gasteiger partial charge < -0.3 is 5.73 Å². The standard InChI is InChI=1S/C15H23N/c1-2-15(16)11-8-12-6-9-14(10-7-12)13-4-3-5-13/h6-7,9-10,13,15H,2-5,8,11,16H2,1H3. The minimum absolute atomic E-state index is 0.367. The Morgan fingerprint density at radius 1 is 1.25 bits per heavy atom. The summed E-state index contributed by atoms with van der Waals surface area (Å²) < 4.78 is 0. The molecule has 16 heavy (non-hydrogen) atoms. The van der Waals surface area contributed by atoms with Gasteiger partial charge in [0.2, 0.25) is 0 Å². The maximum Gasteiger partial charge on any atom is 0.00393 e. The highest BCUT2D eigenvalue weighted by Crippen LogP contribution is 2.36. The van der Waals surface area contributed by atoms with E-state index >= 15 is 0 Å². The first-order valence-corrected chi connectivity index (χ1v) is 6.64. The van der Waals surface area contributed by atoms with E-state index in [2.05, 4.69) is 31.2 Å². The van der Waals surface area contributed by atoms with Gasteiger partial charge >= 0.3 is 0 Å². The number of nitrogens with two attached hydrogens (primary N) is 1. The molecule has 1 fully saturated rings. The van der Waals surface area contributed by atoms with E-state index in [0.717, 1.165) is 25.2 Å². The molecule has 1 nitrogen and oxygen atoms in total. The van der Waals surface area contributed by atoms with E-state index in [-0.39, 0.29) is 0 Å². The number of hydrogen-bond donors (Lipinski definition) is 1. The minimum atomic E-state index is 0.367. The van der Waals surface area contributed by atoms with Gasteiger partial charge in [0.05, 0.1) is 0 Å². The molecule has 2 rings (SSSR count). The van der Waals surface area contributed by atoms with Crippen molar-refractivity contribution in [2.24, 2.45) is 5.73 Å². The van der Waals surface area contributed by atoms with Crippen molar-refractivity contribution in [3.8, 4) is 0 Å². The van der Waals surface area contributed by atoms with E-state index < -0.39 is 0 Å². The van der Waals surface area contributed by atoms with E-state index in [1.807, 2.05) is 0 Å². The third-order valence-corrected chi connectivity index (χ3v) is 3.88. The molecule has 0 aromatic heterocycles. The number of hydrogen-bond acceptors (Lipinski definition) is 1. The summed E-state index contributed by atoms with van der Waals surface area (Å²) in [7, 11) is 0. The molecular weight excluding hydrogens is 194 g/mol. The molecule has 1 aromatic carbocycles. The monoisotopic (exact) mass is 217 g/mol. The maximum atomic E-state index is 5.93. The van der Waals surface area contributed by atoms with Gasteiger partial charge in [0, 0.05) is 6.04 Å². The third-order valence-electron chi connectivity index (χ3n) is 3.88. The predicted octanol–water partition coefficient (Wildman–Crippen LogP) is 3.62. The van der Waals surface area contributed by atoms with Gasteiger partial charge in [0.25, 0.3) is 0 Å². The van der Waals surface area contributed by atoms with Crippen molar-refractivity contribution in [3.05, 3.63) is 35.4 Å². The summed E-state index contributed by atoms with van der Waals surface area (Å²) in [5.41, 5.74) is 8.90. The molecule has 1 unspecified atom stereocenters. The smallest absolute Gasteiger partial charge is 0.00393 e. The lowest BCUT2D eigenvalue weighted by atomic mass is 9.80. The minimum Gasteiger partial charge on any atom is -0.328 e. The lowest BCUT2D eigenvalue weighted by molar-refractivity contribution is 0.419. The number of aryl methyl sites for hydroxylation is 1. The van der Waals surface area contributed by atoms with E-state index in [0.29, 0.717) is 6.04 Å². The lowest BCUT2D eigenvalue weighted by Crippen LogP contribution is -2.19. The summed E-state index contributed by atoms with van der Waals surface area (Å²) in [6.07, 6.45) is 7.51. The van der Waals surface area contributed by atoms with Crippen molar-refractivity contribution in [2.75, 3.05) is 0 Å². The van der Waals surface area contributed by atoms with Crippen LogP contribution < -0.4 is 5.73 Å². The SMILES string of the molecule is CCC(N)CCc1ccc(C2CCC2)cc1. The summed E-state index contributed by atoms with van der Waals surface area (Å²) in [6, 6.07) is 9.57. The zero-order chi connectivity index (χ0) is 11.4. The van der Waals surface area contributed by atoms with Crippen molar-refractivity contribution in [1.82, 2.24) is 0 Å². The van der Waals surface area contributed by atoms with Crippen LogP contribution in [0.3, 0.4) is 0 Å². The topological polar surface area (TPSA) is 26.0 Å². The highest BCUT2D eigenvalue weighted by Gasteiger charge is 2.18. The fourth-order valence-corrected chi connectivity index (χ4v) is 2.25. The Morgan fingerprint density at radius 2 is 1.94 bits per heavy atom. The Bertz CT molecular complexity index is 311. The maximum absolute atomic E-state index is 5.93. The third kappa shape index (κ3) is 2.85. The van der Waals surface area contributed by atoms with Crippen LogP contribution in [-0.2, 0) is 6.42 Å². The van der Waals surface area contributed by atoms with E-state index in [1.165, 1.54) is 30.4 Å². The van der Waals surface area contributed by atoms with E-state index in [4.69, 9.17) is 5.73 Å². The first-order valence-electron chi connectivity index (χ1n) is 6.64. The van der Waals surface area contributed by atoms with Crippen molar-refractivity contribution in [3.63, 3.8) is 0 Å². The average molecular weight is 217 g/mol. The van der Waals surface area contributed by atoms with Crippen LogP contribution in [0, 0.1) is 0 Å². The molecule has 0 amide bonds. The van der Waals surface area contributed by atoms with Gasteiger partial charge in [0.1, 0.15) is 0 Å². The van der Waals surface area contributed by atoms with Crippen molar-refractivity contribution in [2.45, 2.75) is 57.4 Å². The first-order chi connectivity index (χ1) is 7.79. The Labute approximate surface area is 99.0 Å². The fraction of sp³-hybridized carbons (Fsp3) is 0.600. The lowest BCUT2D eigenvalue weighted by Gasteiger charge is -2.25. The highest BCUT2D eigenvalue weighted by molar-refractivity contribution is 5.26. The van der Waals surface area contributed by atoms with Crippen LogP contribution in [0.15, 0.2) is 24.3 Å². The number of benzene rings is 1. The summed E-state index contributed by atoms with van der Waals surface area (Å²) in [5, 5.41) is 0. The van der Waals surface area contributed by atoms with Crippen LogP contribution in [0.1, 0.15) is 56.1 Å². The van der Waals surface area contributed by atoms with Gasteiger partial charge in [-0.15, -0.1) is 0 Å². The molecule has 1 aromatic rings. The molecule has 0 radical (unpaired) electrons. The predicted molar refractivity (Wildman–Crippen MR) is 69.6 cm³/mol. The van der Waals surface area contributed by atoms with Gasteiger partial charge in [-0.2, -0.15) is 0 Å². The van der Waals surface area contributed by atoms with Crippen LogP contribution in [0.4, 0.5) is 0 Å². The molecule has 1 aliphatic carbocycles. The van der Waals surface area contributed by atoms with E-state index in [1.54, 1.807) is 0 Å². The Balaban J connectivity index is 1.86. The number of rotatable bonds is 5. The van der Waals surface area contributed by atoms with Gasteiger partial charge in [-0.3, -0.25) is 0 Å². The van der Waals surface area contributed by atoms with Gasteiger partial charge in [-0.25, -0.2) is 0 Å². The molecular formula is C15H23N. The van der Waals surface area contributed by atoms with Crippen LogP contribution in [-0.4, -0.2) is 6.04 Å². The van der Waals surface area contributed by atoms with Gasteiger partial charge in [-0.05, 0) is 49.1 Å². The molecule has 88 valence electrons. The largest absolute Gasteiger partial charge is 0.328 e. The molecule has 0 heterocycles. The molecule has 1 saturated carbocycles. The molecule has 2 N–H and O–H groups in total. The molecule has 1 aliphatic rings. The Morgan fingerprint density at radius 3 is 2.44 bits per heavy atom. The summed E-state index contributed by atoms with van der Waals surface area (Å²) >= 11 is 0. The Kier molecular flexibility index (Phi) is 4.00. The van der Waals surface area contributed by atoms with Crippen molar-refractivity contribution in [1.29, 1.82) is 0 Å². The summed E-state index contributed by atoms with van der Waals surface area (Å²) in [4.78, 5) is 0. The highest BCUT2D eigenvalue weighted by atomic mass is 14.6. The second-order valence-electron chi connectivity index (χ2n) is 5.08. The average Bonchev–Trinajstić information content (AvgIpc) is 2.25. The molecule has 0 spiro atoms. The molecule has 0 bridgehead atoms. The van der Waals surface area contributed by atoms with Gasteiger partial charge in [0.15, 0.2) is 0 Å². The van der Waals surface area contributed by atoms with Gasteiger partial charge in [-0.1, -0.05) is 37.6 Å². The van der Waals surface area contributed by atoms with E-state index in [9.17, 15) is 0 Å². The molecule has 0 aliphatic heterocycles. The van der Waals surface area contributed by atoms with Crippen LogP contribution in [0.25, 0.3) is 0 Å². The summed E-state index contributed by atoms with van der Waals surface area (Å²) in [6.45, 7) is 2.16. The second kappa shape index (κ2) is 5.49. The zero-order valence-electron chi connectivity index (χ0n) is 10.3.